The number of aryl methyl sites for hydroxylation is 2. The van der Waals surface area contributed by atoms with E-state index in [1.807, 2.05) is 13.8 Å². The van der Waals surface area contributed by atoms with E-state index >= 15 is 0 Å². The largest absolute Gasteiger partial charge is 0.466 e. The van der Waals surface area contributed by atoms with Gasteiger partial charge in [-0.3, -0.25) is 4.90 Å². The number of carbonyl (C=O) groups excluding carboxylic acids is 2. The second-order valence-electron chi connectivity index (χ2n) is 8.05. The van der Waals surface area contributed by atoms with Crippen LogP contribution < -0.4 is 10.6 Å². The van der Waals surface area contributed by atoms with Gasteiger partial charge < -0.3 is 19.6 Å². The van der Waals surface area contributed by atoms with Gasteiger partial charge in [-0.25, -0.2) is 14.6 Å². The molecule has 1 aliphatic rings. The molecule has 2 N–H and O–H groups in total. The Morgan fingerprint density at radius 3 is 2.33 bits per heavy atom. The van der Waals surface area contributed by atoms with Crippen molar-refractivity contribution in [2.45, 2.75) is 19.8 Å². The lowest BCUT2D eigenvalue weighted by atomic mass is 9.81. The second kappa shape index (κ2) is 9.80. The number of nitriles is 1. The molecule has 4 rings (SSSR count). The van der Waals surface area contributed by atoms with Crippen molar-refractivity contribution in [3.05, 3.63) is 94.3 Å². The van der Waals surface area contributed by atoms with E-state index in [1.165, 1.54) is 19.1 Å². The van der Waals surface area contributed by atoms with Crippen LogP contribution in [0.15, 0.2) is 81.7 Å². The summed E-state index contributed by atoms with van der Waals surface area (Å²) in [6, 6.07) is 17.9. The average Bonchev–Trinajstić information content (AvgIpc) is 3.25. The number of benzene rings is 2. The maximum Gasteiger partial charge on any atom is 0.355 e. The van der Waals surface area contributed by atoms with Gasteiger partial charge >= 0.3 is 11.9 Å². The zero-order valence-electron chi connectivity index (χ0n) is 20.2. The first-order valence-corrected chi connectivity index (χ1v) is 11.0. The van der Waals surface area contributed by atoms with Crippen LogP contribution in [0.3, 0.4) is 0 Å². The minimum Gasteiger partial charge on any atom is -0.466 e. The normalized spacial score (nSPS) is 15.5. The molecule has 9 heteroatoms. The van der Waals surface area contributed by atoms with Crippen LogP contribution >= 0.6 is 0 Å². The Kier molecular flexibility index (Phi) is 6.61. The molecule has 0 saturated heterocycles. The molecule has 1 unspecified atom stereocenters. The van der Waals surface area contributed by atoms with Gasteiger partial charge in [-0.05, 0) is 37.6 Å². The molecule has 2 aromatic carbocycles. The van der Waals surface area contributed by atoms with Crippen LogP contribution in [0.25, 0.3) is 11.5 Å². The summed E-state index contributed by atoms with van der Waals surface area (Å²) in [5.74, 6) is -1.50. The Morgan fingerprint density at radius 2 is 1.75 bits per heavy atom. The van der Waals surface area contributed by atoms with Crippen LogP contribution in [0.2, 0.25) is 0 Å². The van der Waals surface area contributed by atoms with Crippen LogP contribution in [-0.2, 0) is 19.1 Å². The molecule has 0 amide bonds. The van der Waals surface area contributed by atoms with Crippen LogP contribution in [0, 0.1) is 25.2 Å². The molecule has 0 bridgehead atoms. The fraction of sp³-hybridized carbons (Fsp3) is 0.185. The molecule has 3 aromatic rings. The fourth-order valence-corrected chi connectivity index (χ4v) is 4.16. The third-order valence-electron chi connectivity index (χ3n) is 5.99. The summed E-state index contributed by atoms with van der Waals surface area (Å²) in [5, 5.41) is 10.1. The van der Waals surface area contributed by atoms with Gasteiger partial charge in [0.05, 0.1) is 43.0 Å². The summed E-state index contributed by atoms with van der Waals surface area (Å²) in [6.07, 6.45) is 0. The number of esters is 2. The summed E-state index contributed by atoms with van der Waals surface area (Å²) < 4.78 is 15.9. The van der Waals surface area contributed by atoms with Crippen molar-refractivity contribution >= 4 is 17.6 Å². The number of carbonyl (C=O) groups is 2. The van der Waals surface area contributed by atoms with Crippen LogP contribution in [-0.4, -0.2) is 31.1 Å². The van der Waals surface area contributed by atoms with Gasteiger partial charge in [0.25, 0.3) is 0 Å². The smallest absolute Gasteiger partial charge is 0.355 e. The minimum atomic E-state index is -0.936. The molecule has 0 aliphatic carbocycles. The predicted molar refractivity (Wildman–Crippen MR) is 131 cm³/mol. The maximum absolute atomic E-state index is 13.2. The van der Waals surface area contributed by atoms with E-state index in [9.17, 15) is 14.9 Å². The van der Waals surface area contributed by atoms with Crippen LogP contribution in [0.4, 0.5) is 5.69 Å². The molecule has 0 radical (unpaired) electrons. The SMILES string of the molecule is COC(=O)C1=C(C(=O)OC)N(c2cccc(-c3nc(C)c(C)o3)c2)C(N)=C(C#N)C1c1ccccc1. The molecule has 182 valence electrons. The Balaban J connectivity index is 2.01. The average molecular weight is 485 g/mol. The number of anilines is 1. The quantitative estimate of drug-likeness (QED) is 0.536. The Labute approximate surface area is 208 Å². The Bertz CT molecular complexity index is 1430. The van der Waals surface area contributed by atoms with E-state index in [1.54, 1.807) is 54.6 Å². The molecule has 9 nitrogen and oxygen atoms in total. The molecular formula is C27H24N4O5. The third-order valence-corrected chi connectivity index (χ3v) is 5.99. The fourth-order valence-electron chi connectivity index (χ4n) is 4.16. The van der Waals surface area contributed by atoms with Crippen molar-refractivity contribution in [3.63, 3.8) is 0 Å². The van der Waals surface area contributed by atoms with Gasteiger partial charge in [0.1, 0.15) is 17.3 Å². The van der Waals surface area contributed by atoms with E-state index in [4.69, 9.17) is 19.6 Å². The van der Waals surface area contributed by atoms with Crippen molar-refractivity contribution < 1.29 is 23.5 Å². The summed E-state index contributed by atoms with van der Waals surface area (Å²) in [6.45, 7) is 3.64. The molecule has 1 atom stereocenters. The highest BCUT2D eigenvalue weighted by atomic mass is 16.5. The summed E-state index contributed by atoms with van der Waals surface area (Å²) >= 11 is 0. The minimum absolute atomic E-state index is 0.0173. The zero-order chi connectivity index (χ0) is 26.0. The van der Waals surface area contributed by atoms with Crippen LogP contribution in [0.5, 0.6) is 0 Å². The number of hydrogen-bond donors (Lipinski definition) is 1. The first kappa shape index (κ1) is 24.3. The van der Waals surface area contributed by atoms with Crippen molar-refractivity contribution in [2.24, 2.45) is 5.73 Å². The monoisotopic (exact) mass is 484 g/mol. The first-order valence-electron chi connectivity index (χ1n) is 11.0. The highest BCUT2D eigenvalue weighted by molar-refractivity contribution is 6.06. The van der Waals surface area contributed by atoms with E-state index in [0.717, 1.165) is 5.69 Å². The number of nitrogens with zero attached hydrogens (tertiary/aromatic N) is 3. The lowest BCUT2D eigenvalue weighted by Gasteiger charge is -2.36. The van der Waals surface area contributed by atoms with Crippen LogP contribution in [0.1, 0.15) is 22.9 Å². The number of rotatable bonds is 5. The molecule has 0 spiro atoms. The number of hydrogen-bond acceptors (Lipinski definition) is 9. The van der Waals surface area contributed by atoms with Crippen molar-refractivity contribution in [2.75, 3.05) is 19.1 Å². The van der Waals surface area contributed by atoms with Gasteiger partial charge in [0, 0.05) is 11.3 Å². The number of oxazole rings is 1. The predicted octanol–water partition coefficient (Wildman–Crippen LogP) is 3.86. The zero-order valence-corrected chi connectivity index (χ0v) is 20.2. The molecular weight excluding hydrogens is 460 g/mol. The van der Waals surface area contributed by atoms with Crippen molar-refractivity contribution in [1.29, 1.82) is 5.26 Å². The van der Waals surface area contributed by atoms with E-state index < -0.39 is 17.9 Å². The van der Waals surface area contributed by atoms with Gasteiger partial charge in [-0.15, -0.1) is 0 Å². The number of allylic oxidation sites excluding steroid dienone is 1. The van der Waals surface area contributed by atoms with Gasteiger partial charge in [-0.1, -0.05) is 36.4 Å². The lowest BCUT2D eigenvalue weighted by molar-refractivity contribution is -0.139. The molecule has 2 heterocycles. The molecule has 1 aliphatic heterocycles. The number of methoxy groups -OCH3 is 2. The number of nitrogens with two attached hydrogens (primary N) is 1. The highest BCUT2D eigenvalue weighted by Gasteiger charge is 2.43. The maximum atomic E-state index is 13.2. The summed E-state index contributed by atoms with van der Waals surface area (Å²) in [5.41, 5.74) is 8.78. The highest BCUT2D eigenvalue weighted by Crippen LogP contribution is 2.43. The standard InChI is InChI=1S/C27H24N4O5/c1-15-16(2)36-25(30-15)18-11-8-12-19(13-18)31-23(27(33)35-4)22(26(32)34-3)21(20(14-28)24(31)29)17-9-6-5-7-10-17/h5-13,21H,29H2,1-4H3. The first-order chi connectivity index (χ1) is 17.3. The Hall–Kier alpha value is -4.84. The Morgan fingerprint density at radius 1 is 1.06 bits per heavy atom. The summed E-state index contributed by atoms with van der Waals surface area (Å²) in [7, 11) is 2.41. The van der Waals surface area contributed by atoms with Gasteiger partial charge in [0.15, 0.2) is 0 Å². The molecule has 1 aromatic heterocycles. The van der Waals surface area contributed by atoms with Crippen molar-refractivity contribution in [3.8, 4) is 17.5 Å². The number of aromatic nitrogens is 1. The van der Waals surface area contributed by atoms with Crippen molar-refractivity contribution in [1.82, 2.24) is 4.98 Å². The number of ether oxygens (including phenoxy) is 2. The summed E-state index contributed by atoms with van der Waals surface area (Å²) in [4.78, 5) is 32.1. The van der Waals surface area contributed by atoms with Gasteiger partial charge in [0.2, 0.25) is 5.89 Å². The topological polar surface area (TPSA) is 132 Å². The van der Waals surface area contributed by atoms with Gasteiger partial charge in [-0.2, -0.15) is 5.26 Å². The third kappa shape index (κ3) is 4.09. The second-order valence-corrected chi connectivity index (χ2v) is 8.05. The van der Waals surface area contributed by atoms with E-state index in [0.29, 0.717) is 28.5 Å². The van der Waals surface area contributed by atoms with E-state index in [2.05, 4.69) is 11.1 Å². The molecule has 36 heavy (non-hydrogen) atoms. The molecule has 0 saturated carbocycles. The molecule has 0 fully saturated rings. The van der Waals surface area contributed by atoms with E-state index in [-0.39, 0.29) is 22.7 Å². The lowest BCUT2D eigenvalue weighted by Crippen LogP contribution is -2.40.